The van der Waals surface area contributed by atoms with Crippen LogP contribution in [0.5, 0.6) is 0 Å². The molecule has 0 heterocycles. The number of hydrogen-bond acceptors (Lipinski definition) is 3. The van der Waals surface area contributed by atoms with E-state index in [4.69, 9.17) is 10.8 Å². The molecule has 0 atom stereocenters. The predicted octanol–water partition coefficient (Wildman–Crippen LogP) is 12.4. The minimum absolute atomic E-state index is 0.0586. The van der Waals surface area contributed by atoms with Crippen molar-refractivity contribution in [1.29, 1.82) is 10.8 Å². The van der Waals surface area contributed by atoms with Gasteiger partial charge in [0.05, 0.1) is 11.4 Å². The summed E-state index contributed by atoms with van der Waals surface area (Å²) in [5.41, 5.74) is 15.5. The Kier molecular flexibility index (Phi) is 6.79. The molecule has 0 spiro atoms. The van der Waals surface area contributed by atoms with Crippen molar-refractivity contribution >= 4 is 45.3 Å². The highest BCUT2D eigenvalue weighted by Gasteiger charge is 2.35. The number of rotatable bonds is 5. The van der Waals surface area contributed by atoms with Crippen molar-refractivity contribution < 1.29 is 0 Å². The summed E-state index contributed by atoms with van der Waals surface area (Å²) >= 11 is 0. The SMILES string of the molecule is CC1(C)c2ccccc2-c2cc(N(c3ccc(-c4ccccc4)cc3)c3cccc(-c4ccc5c6c(ccc5c4)C=CC(=N)C6=N)c3)ccc21. The molecule has 238 valence electrons. The van der Waals surface area contributed by atoms with Crippen LogP contribution in [0.4, 0.5) is 17.1 Å². The first kappa shape index (κ1) is 29.8. The quantitative estimate of drug-likeness (QED) is 0.193. The Morgan fingerprint density at radius 3 is 1.98 bits per heavy atom. The smallest absolute Gasteiger partial charge is 0.0873 e. The van der Waals surface area contributed by atoms with Gasteiger partial charge in [-0.15, -0.1) is 0 Å². The molecular formula is C47H35N3. The maximum absolute atomic E-state index is 8.60. The number of benzene rings is 7. The molecule has 0 amide bonds. The highest BCUT2D eigenvalue weighted by Crippen LogP contribution is 2.50. The third-order valence-corrected chi connectivity index (χ3v) is 10.5. The maximum atomic E-state index is 8.60. The topological polar surface area (TPSA) is 50.9 Å². The standard InChI is InChI=1S/C47H35N3/c1-47(2)42-14-7-6-13-40(42)41-29-38(23-25-43(41)47)50(36-21-17-31(18-22-36)30-9-4-3-5-10-30)37-12-8-11-33(28-37)34-19-24-39-35(27-34)16-15-32-20-26-44(48)46(49)45(32)39/h3-29,48-49H,1-2H3. The molecule has 7 aromatic rings. The lowest BCUT2D eigenvalue weighted by Gasteiger charge is -2.28. The van der Waals surface area contributed by atoms with Gasteiger partial charge in [-0.05, 0) is 109 Å². The van der Waals surface area contributed by atoms with Crippen molar-refractivity contribution in [2.75, 3.05) is 4.90 Å². The van der Waals surface area contributed by atoms with E-state index in [-0.39, 0.29) is 16.8 Å². The number of nitrogens with one attached hydrogen (secondary N) is 2. The van der Waals surface area contributed by atoms with E-state index in [1.54, 1.807) is 6.08 Å². The van der Waals surface area contributed by atoms with Gasteiger partial charge in [-0.2, -0.15) is 0 Å². The molecule has 3 heteroatoms. The predicted molar refractivity (Wildman–Crippen MR) is 211 cm³/mol. The van der Waals surface area contributed by atoms with Gasteiger partial charge in [0.25, 0.3) is 0 Å². The Balaban J connectivity index is 1.17. The van der Waals surface area contributed by atoms with Gasteiger partial charge in [-0.3, -0.25) is 10.8 Å². The Hall–Kier alpha value is -6.32. The minimum Gasteiger partial charge on any atom is -0.310 e. The van der Waals surface area contributed by atoms with Gasteiger partial charge in [0.1, 0.15) is 0 Å². The van der Waals surface area contributed by atoms with Crippen molar-refractivity contribution in [3.63, 3.8) is 0 Å². The molecule has 3 nitrogen and oxygen atoms in total. The zero-order valence-corrected chi connectivity index (χ0v) is 28.0. The monoisotopic (exact) mass is 641 g/mol. The Morgan fingerprint density at radius 2 is 1.14 bits per heavy atom. The average Bonchev–Trinajstić information content (AvgIpc) is 3.39. The normalized spacial score (nSPS) is 14.0. The van der Waals surface area contributed by atoms with E-state index in [1.807, 2.05) is 6.08 Å². The second kappa shape index (κ2) is 11.4. The number of fused-ring (bicyclic) bond motifs is 6. The second-order valence-corrected chi connectivity index (χ2v) is 13.8. The minimum atomic E-state index is -0.0586. The largest absolute Gasteiger partial charge is 0.310 e. The lowest BCUT2D eigenvalue weighted by atomic mass is 9.82. The van der Waals surface area contributed by atoms with E-state index in [2.05, 4.69) is 170 Å². The molecule has 0 radical (unpaired) electrons. The lowest BCUT2D eigenvalue weighted by Crippen LogP contribution is -2.16. The molecule has 0 aromatic heterocycles. The van der Waals surface area contributed by atoms with Crippen LogP contribution in [-0.4, -0.2) is 11.4 Å². The van der Waals surface area contributed by atoms with E-state index in [0.717, 1.165) is 50.1 Å². The van der Waals surface area contributed by atoms with Gasteiger partial charge in [0.15, 0.2) is 0 Å². The van der Waals surface area contributed by atoms with Crippen LogP contribution in [0.2, 0.25) is 0 Å². The summed E-state index contributed by atoms with van der Waals surface area (Å²) in [5, 5.41) is 18.9. The average molecular weight is 642 g/mol. The van der Waals surface area contributed by atoms with Gasteiger partial charge in [0, 0.05) is 28.0 Å². The summed E-state index contributed by atoms with van der Waals surface area (Å²) < 4.78 is 0. The highest BCUT2D eigenvalue weighted by atomic mass is 15.1. The van der Waals surface area contributed by atoms with Gasteiger partial charge in [0.2, 0.25) is 0 Å². The third kappa shape index (κ3) is 4.74. The van der Waals surface area contributed by atoms with Crippen molar-refractivity contribution in [3.8, 4) is 33.4 Å². The first-order valence-electron chi connectivity index (χ1n) is 17.1. The van der Waals surface area contributed by atoms with Crippen LogP contribution in [-0.2, 0) is 5.41 Å². The van der Waals surface area contributed by atoms with Crippen LogP contribution in [0.3, 0.4) is 0 Å². The van der Waals surface area contributed by atoms with Gasteiger partial charge < -0.3 is 4.90 Å². The molecule has 0 aliphatic heterocycles. The molecule has 0 fully saturated rings. The van der Waals surface area contributed by atoms with E-state index in [0.29, 0.717) is 0 Å². The number of hydrogen-bond donors (Lipinski definition) is 2. The molecule has 50 heavy (non-hydrogen) atoms. The fourth-order valence-corrected chi connectivity index (χ4v) is 7.89. The number of anilines is 3. The van der Waals surface area contributed by atoms with Crippen molar-refractivity contribution in [3.05, 3.63) is 180 Å². The van der Waals surface area contributed by atoms with Crippen LogP contribution < -0.4 is 4.90 Å². The van der Waals surface area contributed by atoms with Crippen LogP contribution in [0, 0.1) is 10.8 Å². The van der Waals surface area contributed by atoms with Crippen LogP contribution >= 0.6 is 0 Å². The molecule has 0 unspecified atom stereocenters. The molecule has 0 saturated heterocycles. The molecule has 0 bridgehead atoms. The lowest BCUT2D eigenvalue weighted by molar-refractivity contribution is 0.660. The summed E-state index contributed by atoms with van der Waals surface area (Å²) in [6, 6.07) is 54.6. The number of allylic oxidation sites excluding steroid dienone is 1. The molecule has 9 rings (SSSR count). The van der Waals surface area contributed by atoms with Crippen LogP contribution in [0.25, 0.3) is 50.2 Å². The molecule has 2 N–H and O–H groups in total. The second-order valence-electron chi connectivity index (χ2n) is 13.8. The Morgan fingerprint density at radius 1 is 0.480 bits per heavy atom. The van der Waals surface area contributed by atoms with Crippen molar-refractivity contribution in [2.24, 2.45) is 0 Å². The first-order chi connectivity index (χ1) is 24.4. The fraction of sp³-hybridized carbons (Fsp3) is 0.0638. The summed E-state index contributed by atoms with van der Waals surface area (Å²) in [6.45, 7) is 4.65. The van der Waals surface area contributed by atoms with Crippen molar-refractivity contribution in [1.82, 2.24) is 0 Å². The Labute approximate surface area is 292 Å². The van der Waals surface area contributed by atoms with Crippen LogP contribution in [0.15, 0.2) is 158 Å². The number of nitrogens with zero attached hydrogens (tertiary/aromatic N) is 1. The van der Waals surface area contributed by atoms with Crippen molar-refractivity contribution in [2.45, 2.75) is 19.3 Å². The zero-order valence-electron chi connectivity index (χ0n) is 28.0. The fourth-order valence-electron chi connectivity index (χ4n) is 7.89. The van der Waals surface area contributed by atoms with E-state index >= 15 is 0 Å². The summed E-state index contributed by atoms with van der Waals surface area (Å²) in [5.74, 6) is 0. The van der Waals surface area contributed by atoms with E-state index < -0.39 is 0 Å². The first-order valence-corrected chi connectivity index (χ1v) is 17.1. The van der Waals surface area contributed by atoms with Gasteiger partial charge in [-0.25, -0.2) is 0 Å². The summed E-state index contributed by atoms with van der Waals surface area (Å²) in [6.07, 6.45) is 3.64. The van der Waals surface area contributed by atoms with Gasteiger partial charge in [-0.1, -0.05) is 129 Å². The maximum Gasteiger partial charge on any atom is 0.0873 e. The van der Waals surface area contributed by atoms with E-state index in [1.165, 1.54) is 33.4 Å². The van der Waals surface area contributed by atoms with Gasteiger partial charge >= 0.3 is 0 Å². The molecule has 2 aliphatic rings. The Bertz CT molecular complexity index is 2540. The van der Waals surface area contributed by atoms with E-state index in [9.17, 15) is 0 Å². The molecule has 0 saturated carbocycles. The summed E-state index contributed by atoms with van der Waals surface area (Å²) in [7, 11) is 0. The highest BCUT2D eigenvalue weighted by molar-refractivity contribution is 6.53. The molecule has 7 aromatic carbocycles. The van der Waals surface area contributed by atoms with Crippen LogP contribution in [0.1, 0.15) is 36.1 Å². The third-order valence-electron chi connectivity index (χ3n) is 10.5. The zero-order chi connectivity index (χ0) is 34.0. The molecule has 2 aliphatic carbocycles. The molecular weight excluding hydrogens is 607 g/mol. The summed E-state index contributed by atoms with van der Waals surface area (Å²) in [4.78, 5) is 2.36.